The Kier molecular flexibility index (Phi) is 2.60. The van der Waals surface area contributed by atoms with Gasteiger partial charge in [-0.3, -0.25) is 0 Å². The molecule has 2 heteroatoms. The van der Waals surface area contributed by atoms with Crippen LogP contribution in [0.3, 0.4) is 0 Å². The van der Waals surface area contributed by atoms with Gasteiger partial charge in [-0.2, -0.15) is 0 Å². The molecule has 13 heavy (non-hydrogen) atoms. The summed E-state index contributed by atoms with van der Waals surface area (Å²) in [6.45, 7) is 10.8. The van der Waals surface area contributed by atoms with Crippen LogP contribution < -0.4 is 0 Å². The topological polar surface area (TPSA) is 0 Å². The predicted octanol–water partition coefficient (Wildman–Crippen LogP) is 4.69. The van der Waals surface area contributed by atoms with Crippen LogP contribution >= 0.6 is 23.2 Å². The molecular formula is C11H16Cl2. The van der Waals surface area contributed by atoms with E-state index in [1.807, 2.05) is 6.92 Å². The maximum absolute atomic E-state index is 6.22. The monoisotopic (exact) mass is 218 g/mol. The summed E-state index contributed by atoms with van der Waals surface area (Å²) < 4.78 is 0. The standard InChI is InChI=1S/C11H16Cl2/c1-7(6-12)8(13)9-10(2,3)11(9,4)5/h6H,1-5H3/b7-6+. The van der Waals surface area contributed by atoms with E-state index < -0.39 is 0 Å². The molecule has 1 fully saturated rings. The summed E-state index contributed by atoms with van der Waals surface area (Å²) in [5.41, 5.74) is 4.24. The van der Waals surface area contributed by atoms with Gasteiger partial charge in [-0.25, -0.2) is 0 Å². The molecule has 0 aromatic rings. The summed E-state index contributed by atoms with van der Waals surface area (Å²) >= 11 is 11.8. The van der Waals surface area contributed by atoms with E-state index in [4.69, 9.17) is 23.2 Å². The Bertz CT molecular complexity index is 277. The van der Waals surface area contributed by atoms with E-state index in [1.54, 1.807) is 5.54 Å². The van der Waals surface area contributed by atoms with Gasteiger partial charge >= 0.3 is 0 Å². The largest absolute Gasteiger partial charge is 0.0926 e. The lowest BCUT2D eigenvalue weighted by molar-refractivity contribution is 0.457. The molecule has 0 aliphatic heterocycles. The highest BCUT2D eigenvalue weighted by Gasteiger charge is 2.61. The van der Waals surface area contributed by atoms with Crippen LogP contribution in [-0.4, -0.2) is 0 Å². The van der Waals surface area contributed by atoms with Crippen molar-refractivity contribution in [3.05, 3.63) is 21.7 Å². The molecule has 0 radical (unpaired) electrons. The molecule has 0 aromatic carbocycles. The molecule has 0 nitrogen and oxygen atoms in total. The molecule has 0 N–H and O–H groups in total. The average Bonchev–Trinajstić information content (AvgIpc) is 2.41. The van der Waals surface area contributed by atoms with Crippen LogP contribution in [0.4, 0.5) is 0 Å². The summed E-state index contributed by atoms with van der Waals surface area (Å²) in [6, 6.07) is 0. The van der Waals surface area contributed by atoms with Crippen molar-refractivity contribution in [3.8, 4) is 0 Å². The maximum atomic E-state index is 6.22. The van der Waals surface area contributed by atoms with Gasteiger partial charge in [-0.05, 0) is 28.9 Å². The molecule has 0 amide bonds. The highest BCUT2D eigenvalue weighted by molar-refractivity contribution is 6.34. The van der Waals surface area contributed by atoms with Crippen molar-refractivity contribution in [2.45, 2.75) is 34.6 Å². The molecule has 1 aliphatic rings. The lowest BCUT2D eigenvalue weighted by Crippen LogP contribution is -1.95. The van der Waals surface area contributed by atoms with Gasteiger partial charge in [0.05, 0.1) is 0 Å². The van der Waals surface area contributed by atoms with Crippen LogP contribution in [0.15, 0.2) is 21.7 Å². The average molecular weight is 219 g/mol. The summed E-state index contributed by atoms with van der Waals surface area (Å²) in [5.74, 6) is 0. The minimum Gasteiger partial charge on any atom is -0.0926 e. The summed E-state index contributed by atoms with van der Waals surface area (Å²) in [4.78, 5) is 0. The highest BCUT2D eigenvalue weighted by Crippen LogP contribution is 2.70. The van der Waals surface area contributed by atoms with Gasteiger partial charge in [0.25, 0.3) is 0 Å². The van der Waals surface area contributed by atoms with Gasteiger partial charge in [0.15, 0.2) is 0 Å². The first-order chi connectivity index (χ1) is 5.76. The van der Waals surface area contributed by atoms with E-state index >= 15 is 0 Å². The fourth-order valence-corrected chi connectivity index (χ4v) is 2.52. The third kappa shape index (κ3) is 1.45. The Morgan fingerprint density at radius 2 is 1.54 bits per heavy atom. The molecule has 0 aromatic heterocycles. The minimum absolute atomic E-state index is 0.214. The Balaban J connectivity index is 3.13. The van der Waals surface area contributed by atoms with E-state index in [0.29, 0.717) is 0 Å². The summed E-state index contributed by atoms with van der Waals surface area (Å²) in [6.07, 6.45) is 0. The fourth-order valence-electron chi connectivity index (χ4n) is 1.83. The zero-order valence-corrected chi connectivity index (χ0v) is 10.3. The molecule has 0 unspecified atom stereocenters. The van der Waals surface area contributed by atoms with Gasteiger partial charge in [-0.1, -0.05) is 50.9 Å². The number of rotatable bonds is 1. The van der Waals surface area contributed by atoms with Crippen LogP contribution in [0, 0.1) is 10.8 Å². The second-order valence-electron chi connectivity index (χ2n) is 4.73. The quantitative estimate of drug-likeness (QED) is 0.600. The van der Waals surface area contributed by atoms with E-state index in [9.17, 15) is 0 Å². The van der Waals surface area contributed by atoms with Crippen molar-refractivity contribution >= 4 is 23.2 Å². The Hall–Kier alpha value is 0.0600. The lowest BCUT2D eigenvalue weighted by atomic mass is 10.0. The van der Waals surface area contributed by atoms with E-state index in [0.717, 1.165) is 10.6 Å². The van der Waals surface area contributed by atoms with Crippen LogP contribution in [0.5, 0.6) is 0 Å². The smallest absolute Gasteiger partial charge is 0.0447 e. The van der Waals surface area contributed by atoms with Crippen molar-refractivity contribution < 1.29 is 0 Å². The van der Waals surface area contributed by atoms with Gasteiger partial charge < -0.3 is 0 Å². The summed E-state index contributed by atoms with van der Waals surface area (Å²) in [5, 5.41) is 0.838. The Morgan fingerprint density at radius 1 is 1.15 bits per heavy atom. The first-order valence-electron chi connectivity index (χ1n) is 4.45. The van der Waals surface area contributed by atoms with Crippen LogP contribution in [-0.2, 0) is 0 Å². The van der Waals surface area contributed by atoms with Crippen LogP contribution in [0.2, 0.25) is 0 Å². The van der Waals surface area contributed by atoms with E-state index in [-0.39, 0.29) is 10.8 Å². The number of allylic oxidation sites excluding steroid dienone is 3. The number of hydrogen-bond donors (Lipinski definition) is 0. The molecule has 0 heterocycles. The van der Waals surface area contributed by atoms with E-state index in [2.05, 4.69) is 27.7 Å². The number of hydrogen-bond acceptors (Lipinski definition) is 0. The molecular weight excluding hydrogens is 203 g/mol. The third-order valence-electron chi connectivity index (χ3n) is 3.48. The van der Waals surface area contributed by atoms with Crippen LogP contribution in [0.25, 0.3) is 0 Å². The van der Waals surface area contributed by atoms with Crippen molar-refractivity contribution in [3.63, 3.8) is 0 Å². The number of halogens is 2. The summed E-state index contributed by atoms with van der Waals surface area (Å²) in [7, 11) is 0. The first-order valence-corrected chi connectivity index (χ1v) is 5.26. The van der Waals surface area contributed by atoms with Gasteiger partial charge in [-0.15, -0.1) is 0 Å². The van der Waals surface area contributed by atoms with Crippen LogP contribution in [0.1, 0.15) is 34.6 Å². The highest BCUT2D eigenvalue weighted by atomic mass is 35.5. The molecule has 1 rings (SSSR count). The maximum Gasteiger partial charge on any atom is 0.0447 e. The van der Waals surface area contributed by atoms with Crippen molar-refractivity contribution in [1.29, 1.82) is 0 Å². The van der Waals surface area contributed by atoms with E-state index in [1.165, 1.54) is 5.57 Å². The van der Waals surface area contributed by atoms with Crippen molar-refractivity contribution in [1.82, 2.24) is 0 Å². The second-order valence-corrected chi connectivity index (χ2v) is 5.33. The zero-order valence-electron chi connectivity index (χ0n) is 8.83. The molecule has 74 valence electrons. The van der Waals surface area contributed by atoms with Crippen molar-refractivity contribution in [2.24, 2.45) is 10.8 Å². The van der Waals surface area contributed by atoms with Crippen molar-refractivity contribution in [2.75, 3.05) is 0 Å². The molecule has 1 aliphatic carbocycles. The normalized spacial score (nSPS) is 24.5. The SMILES string of the molecule is C/C(=C\Cl)C(Cl)=C1C(C)(C)C1(C)C. The second kappa shape index (κ2) is 3.03. The molecule has 0 bridgehead atoms. The Labute approximate surface area is 90.6 Å². The zero-order chi connectivity index (χ0) is 10.4. The van der Waals surface area contributed by atoms with Gasteiger partial charge in [0, 0.05) is 10.6 Å². The minimum atomic E-state index is 0.214. The predicted molar refractivity (Wildman–Crippen MR) is 60.1 cm³/mol. The first kappa shape index (κ1) is 11.1. The van der Waals surface area contributed by atoms with Gasteiger partial charge in [0.1, 0.15) is 0 Å². The molecule has 0 atom stereocenters. The lowest BCUT2D eigenvalue weighted by Gasteiger charge is -2.02. The Morgan fingerprint density at radius 3 is 1.77 bits per heavy atom. The fraction of sp³-hybridized carbons (Fsp3) is 0.636. The van der Waals surface area contributed by atoms with Gasteiger partial charge in [0.2, 0.25) is 0 Å². The molecule has 0 spiro atoms. The molecule has 1 saturated carbocycles. The third-order valence-corrected chi connectivity index (χ3v) is 4.29. The molecule has 0 saturated heterocycles.